The maximum Gasteiger partial charge on any atom is 0.256 e. The number of carbonyl (C=O) groups excluding carboxylic acids is 2. The van der Waals surface area contributed by atoms with Crippen LogP contribution in [0.5, 0.6) is 0 Å². The molecule has 2 aromatic carbocycles. The number of carbonyl (C=O) groups is 2. The van der Waals surface area contributed by atoms with Gasteiger partial charge in [-0.15, -0.1) is 0 Å². The fourth-order valence-electron chi connectivity index (χ4n) is 5.06. The summed E-state index contributed by atoms with van der Waals surface area (Å²) in [5, 5.41) is 1.33. The lowest BCUT2D eigenvalue weighted by molar-refractivity contribution is -0.116. The van der Waals surface area contributed by atoms with E-state index in [1.165, 1.54) is 6.07 Å². The number of amides is 1. The summed E-state index contributed by atoms with van der Waals surface area (Å²) in [6.45, 7) is 5.37. The summed E-state index contributed by atoms with van der Waals surface area (Å²) in [6, 6.07) is 12.2. The van der Waals surface area contributed by atoms with E-state index in [4.69, 9.17) is 11.6 Å². The van der Waals surface area contributed by atoms with Crippen molar-refractivity contribution in [2.75, 3.05) is 64.3 Å². The minimum Gasteiger partial charge on any atom is -0.366 e. The third kappa shape index (κ3) is 4.66. The predicted octanol–water partition coefficient (Wildman–Crippen LogP) is 3.34. The summed E-state index contributed by atoms with van der Waals surface area (Å²) in [7, 11) is 2.07. The summed E-state index contributed by atoms with van der Waals surface area (Å²) >= 11 is 6.31. The first-order valence-electron chi connectivity index (χ1n) is 11.9. The Hall–Kier alpha value is -2.94. The van der Waals surface area contributed by atoms with Crippen LogP contribution in [0.2, 0.25) is 5.02 Å². The van der Waals surface area contributed by atoms with Gasteiger partial charge in [0.05, 0.1) is 16.8 Å². The van der Waals surface area contributed by atoms with Gasteiger partial charge in [0.1, 0.15) is 12.0 Å². The number of aldehydes is 1. The molecule has 35 heavy (non-hydrogen) atoms. The summed E-state index contributed by atoms with van der Waals surface area (Å²) in [4.78, 5) is 34.0. The molecule has 1 atom stereocenters. The van der Waals surface area contributed by atoms with Crippen molar-refractivity contribution < 1.29 is 14.0 Å². The van der Waals surface area contributed by atoms with Gasteiger partial charge in [0.2, 0.25) is 0 Å². The SMILES string of the molecule is CN1CCN(C(C=O)n2cc(C(=O)N3CCN(c4ccccc4F)CC3)c3ccc(Cl)cc32)CC1. The number of likely N-dealkylation sites (N-methyl/N-ethyl adjacent to an activating group) is 1. The lowest BCUT2D eigenvalue weighted by Crippen LogP contribution is -2.49. The predicted molar refractivity (Wildman–Crippen MR) is 136 cm³/mol. The number of fused-ring (bicyclic) bond motifs is 1. The smallest absolute Gasteiger partial charge is 0.256 e. The van der Waals surface area contributed by atoms with Gasteiger partial charge in [-0.25, -0.2) is 4.39 Å². The standard InChI is InChI=1S/C26H29ClFN5O2/c1-29-8-10-31(11-9-29)25(18-34)33-17-21(20-7-6-19(27)16-24(20)33)26(35)32-14-12-30(13-15-32)23-5-3-2-4-22(23)28/h2-7,16-18,25H,8-15H2,1H3. The Morgan fingerprint density at radius 2 is 1.71 bits per heavy atom. The quantitative estimate of drug-likeness (QED) is 0.506. The van der Waals surface area contributed by atoms with E-state index in [0.717, 1.165) is 43.4 Å². The van der Waals surface area contributed by atoms with E-state index in [2.05, 4.69) is 16.8 Å². The zero-order valence-corrected chi connectivity index (χ0v) is 20.5. The number of hydrogen-bond acceptors (Lipinski definition) is 5. The average Bonchev–Trinajstić information content (AvgIpc) is 3.24. The van der Waals surface area contributed by atoms with Gasteiger partial charge >= 0.3 is 0 Å². The first-order chi connectivity index (χ1) is 17.0. The Morgan fingerprint density at radius 1 is 1.00 bits per heavy atom. The first-order valence-corrected chi connectivity index (χ1v) is 12.3. The minimum atomic E-state index is -0.510. The molecule has 1 aromatic heterocycles. The van der Waals surface area contributed by atoms with E-state index >= 15 is 0 Å². The fourth-order valence-corrected chi connectivity index (χ4v) is 5.22. The van der Waals surface area contributed by atoms with E-state index in [0.29, 0.717) is 42.5 Å². The summed E-state index contributed by atoms with van der Waals surface area (Å²) in [5.41, 5.74) is 1.88. The van der Waals surface area contributed by atoms with Gasteiger partial charge in [-0.2, -0.15) is 0 Å². The van der Waals surface area contributed by atoms with Crippen molar-refractivity contribution in [2.45, 2.75) is 6.17 Å². The maximum atomic E-state index is 14.2. The van der Waals surface area contributed by atoms with E-state index in [9.17, 15) is 14.0 Å². The van der Waals surface area contributed by atoms with Crippen LogP contribution in [0.1, 0.15) is 16.5 Å². The van der Waals surface area contributed by atoms with Crippen molar-refractivity contribution in [2.24, 2.45) is 0 Å². The molecule has 0 aliphatic carbocycles. The van der Waals surface area contributed by atoms with E-state index in [-0.39, 0.29) is 11.7 Å². The Bertz CT molecular complexity index is 1230. The molecular formula is C26H29ClFN5O2. The van der Waals surface area contributed by atoms with Crippen LogP contribution < -0.4 is 4.90 Å². The highest BCUT2D eigenvalue weighted by Crippen LogP contribution is 2.30. The molecule has 3 heterocycles. The summed E-state index contributed by atoms with van der Waals surface area (Å²) in [6.07, 6.45) is 2.22. The average molecular weight is 498 g/mol. The Labute approximate surface area is 209 Å². The molecule has 1 amide bonds. The molecule has 0 bridgehead atoms. The topological polar surface area (TPSA) is 52.0 Å². The van der Waals surface area contributed by atoms with Crippen LogP contribution in [0.3, 0.4) is 0 Å². The second-order valence-corrected chi connectivity index (χ2v) is 9.67. The zero-order valence-electron chi connectivity index (χ0n) is 19.7. The molecule has 1 unspecified atom stereocenters. The molecule has 2 fully saturated rings. The van der Waals surface area contributed by atoms with E-state index in [1.54, 1.807) is 29.3 Å². The molecule has 0 N–H and O–H groups in total. The van der Waals surface area contributed by atoms with Crippen molar-refractivity contribution in [3.05, 3.63) is 65.1 Å². The number of anilines is 1. The number of hydrogen-bond donors (Lipinski definition) is 0. The van der Waals surface area contributed by atoms with Crippen LogP contribution >= 0.6 is 11.6 Å². The molecule has 0 spiro atoms. The van der Waals surface area contributed by atoms with Crippen LogP contribution in [-0.2, 0) is 4.79 Å². The van der Waals surface area contributed by atoms with Crippen molar-refractivity contribution in [3.8, 4) is 0 Å². The number of para-hydroxylation sites is 1. The second kappa shape index (κ2) is 9.97. The maximum absolute atomic E-state index is 14.2. The molecule has 5 rings (SSSR count). The van der Waals surface area contributed by atoms with Crippen LogP contribution in [-0.4, -0.2) is 90.9 Å². The molecular weight excluding hydrogens is 469 g/mol. The third-order valence-electron chi connectivity index (χ3n) is 7.11. The van der Waals surface area contributed by atoms with Gasteiger partial charge in [-0.05, 0) is 31.3 Å². The van der Waals surface area contributed by atoms with Gasteiger partial charge in [0, 0.05) is 69.0 Å². The molecule has 2 aliphatic heterocycles. The molecule has 184 valence electrons. The van der Waals surface area contributed by atoms with Crippen molar-refractivity contribution in [3.63, 3.8) is 0 Å². The van der Waals surface area contributed by atoms with E-state index < -0.39 is 6.17 Å². The van der Waals surface area contributed by atoms with Gasteiger partial charge in [-0.1, -0.05) is 29.8 Å². The number of rotatable bonds is 5. The summed E-state index contributed by atoms with van der Waals surface area (Å²) in [5.74, 6) is -0.344. The molecule has 2 aliphatic rings. The van der Waals surface area contributed by atoms with Gasteiger partial charge in [0.15, 0.2) is 6.29 Å². The number of piperazine rings is 2. The van der Waals surface area contributed by atoms with Gasteiger partial charge < -0.3 is 19.3 Å². The number of aromatic nitrogens is 1. The monoisotopic (exact) mass is 497 g/mol. The molecule has 0 saturated carbocycles. The van der Waals surface area contributed by atoms with Crippen LogP contribution in [0.4, 0.5) is 10.1 Å². The Balaban J connectivity index is 1.41. The number of nitrogens with zero attached hydrogens (tertiary/aromatic N) is 5. The lowest BCUT2D eigenvalue weighted by atomic mass is 10.1. The van der Waals surface area contributed by atoms with Crippen molar-refractivity contribution >= 4 is 40.4 Å². The fraction of sp³-hybridized carbons (Fsp3) is 0.385. The molecule has 7 nitrogen and oxygen atoms in total. The zero-order chi connectivity index (χ0) is 24.5. The van der Waals surface area contributed by atoms with Crippen LogP contribution in [0, 0.1) is 5.82 Å². The highest BCUT2D eigenvalue weighted by atomic mass is 35.5. The number of halogens is 2. The molecule has 0 radical (unpaired) electrons. The normalized spacial score (nSPS) is 18.7. The molecule has 2 saturated heterocycles. The Morgan fingerprint density at radius 3 is 2.40 bits per heavy atom. The van der Waals surface area contributed by atoms with E-state index in [1.807, 2.05) is 27.7 Å². The van der Waals surface area contributed by atoms with Gasteiger partial charge in [0.25, 0.3) is 5.91 Å². The van der Waals surface area contributed by atoms with Crippen molar-refractivity contribution in [1.29, 1.82) is 0 Å². The van der Waals surface area contributed by atoms with Crippen LogP contribution in [0.25, 0.3) is 10.9 Å². The minimum absolute atomic E-state index is 0.0905. The molecule has 3 aromatic rings. The second-order valence-electron chi connectivity index (χ2n) is 9.23. The molecule has 9 heteroatoms. The van der Waals surface area contributed by atoms with Gasteiger partial charge in [-0.3, -0.25) is 14.5 Å². The lowest BCUT2D eigenvalue weighted by Gasteiger charge is -2.36. The third-order valence-corrected chi connectivity index (χ3v) is 7.34. The first kappa shape index (κ1) is 23.8. The highest BCUT2D eigenvalue weighted by molar-refractivity contribution is 6.31. The summed E-state index contributed by atoms with van der Waals surface area (Å²) < 4.78 is 16.1. The largest absolute Gasteiger partial charge is 0.366 e. The number of benzene rings is 2. The Kier molecular flexibility index (Phi) is 6.77. The highest BCUT2D eigenvalue weighted by Gasteiger charge is 2.29. The van der Waals surface area contributed by atoms with Crippen molar-refractivity contribution in [1.82, 2.24) is 19.3 Å². The van der Waals surface area contributed by atoms with Crippen LogP contribution in [0.15, 0.2) is 48.7 Å².